The summed E-state index contributed by atoms with van der Waals surface area (Å²) >= 11 is 13.9. The van der Waals surface area contributed by atoms with Gasteiger partial charge in [-0.1, -0.05) is 49.0 Å². The number of anilines is 1. The Hall–Kier alpha value is -2.92. The zero-order valence-electron chi connectivity index (χ0n) is 25.7. The molecule has 242 valence electrons. The number of sulfonamides is 1. The van der Waals surface area contributed by atoms with Crippen molar-refractivity contribution >= 4 is 62.5 Å². The maximum atomic E-state index is 14.3. The van der Waals surface area contributed by atoms with Gasteiger partial charge in [-0.3, -0.25) is 13.9 Å². The zero-order valence-corrected chi connectivity index (χ0v) is 28.8. The largest absolute Gasteiger partial charge is 0.494 e. The molecule has 0 heterocycles. The van der Waals surface area contributed by atoms with Gasteiger partial charge in [0.25, 0.3) is 10.0 Å². The van der Waals surface area contributed by atoms with Crippen LogP contribution in [0.2, 0.25) is 10.0 Å². The number of ether oxygens (including phenoxy) is 1. The van der Waals surface area contributed by atoms with Crippen LogP contribution < -0.4 is 14.4 Å². The first-order valence-corrected chi connectivity index (χ1v) is 18.4. The Kier molecular flexibility index (Phi) is 12.5. The molecule has 0 aromatic heterocycles. The molecule has 1 atom stereocenters. The normalized spacial score (nSPS) is 14.2. The molecule has 1 saturated carbocycles. The van der Waals surface area contributed by atoms with Gasteiger partial charge in [0.2, 0.25) is 11.8 Å². The standard InChI is InChI=1S/C33H39Cl2N3O5S2/c1-4-31(33(40)36-24-8-6-7-9-24)37(21-23-10-19-29(34)30(35)20-23)32(39)22-38(25-11-13-26(14-12-25)43-5-2)45(41,42)28-17-15-27(44-3)16-18-28/h10-20,24,31H,4-9,21-22H2,1-3H3,(H,36,40)/t31-/m0/s1. The van der Waals surface area contributed by atoms with E-state index >= 15 is 0 Å². The van der Waals surface area contributed by atoms with E-state index in [1.807, 2.05) is 20.1 Å². The van der Waals surface area contributed by atoms with Crippen molar-refractivity contribution in [2.24, 2.45) is 0 Å². The number of hydrogen-bond acceptors (Lipinski definition) is 6. The number of carbonyl (C=O) groups is 2. The molecule has 2 amide bonds. The third-order valence-electron chi connectivity index (χ3n) is 7.79. The fourth-order valence-corrected chi connectivity index (χ4v) is 7.54. The van der Waals surface area contributed by atoms with Crippen molar-refractivity contribution in [1.82, 2.24) is 10.2 Å². The Labute approximate surface area is 280 Å². The van der Waals surface area contributed by atoms with Crippen molar-refractivity contribution in [3.63, 3.8) is 0 Å². The lowest BCUT2D eigenvalue weighted by molar-refractivity contribution is -0.140. The first kappa shape index (κ1) is 34.9. The van der Waals surface area contributed by atoms with Crippen molar-refractivity contribution in [3.8, 4) is 5.75 Å². The van der Waals surface area contributed by atoms with Crippen LogP contribution in [0.5, 0.6) is 5.75 Å². The third-order valence-corrected chi connectivity index (χ3v) is 11.1. The summed E-state index contributed by atoms with van der Waals surface area (Å²) in [5.41, 5.74) is 0.951. The number of nitrogens with one attached hydrogen (secondary N) is 1. The summed E-state index contributed by atoms with van der Waals surface area (Å²) in [5, 5.41) is 3.80. The highest BCUT2D eigenvalue weighted by molar-refractivity contribution is 7.98. The van der Waals surface area contributed by atoms with Crippen LogP contribution >= 0.6 is 35.0 Å². The minimum absolute atomic E-state index is 0.0336. The van der Waals surface area contributed by atoms with Gasteiger partial charge in [0.1, 0.15) is 18.3 Å². The first-order valence-electron chi connectivity index (χ1n) is 15.0. The summed E-state index contributed by atoms with van der Waals surface area (Å²) in [4.78, 5) is 30.3. The van der Waals surface area contributed by atoms with Gasteiger partial charge in [-0.25, -0.2) is 8.42 Å². The fraction of sp³-hybridized carbons (Fsp3) is 0.394. The quantitative estimate of drug-likeness (QED) is 0.180. The smallest absolute Gasteiger partial charge is 0.264 e. The van der Waals surface area contributed by atoms with E-state index in [9.17, 15) is 18.0 Å². The van der Waals surface area contributed by atoms with E-state index in [4.69, 9.17) is 27.9 Å². The number of halogens is 2. The Morgan fingerprint density at radius 1 is 0.978 bits per heavy atom. The van der Waals surface area contributed by atoms with Crippen molar-refractivity contribution in [1.29, 1.82) is 0 Å². The fourth-order valence-electron chi connectivity index (χ4n) is 5.40. The van der Waals surface area contributed by atoms with Crippen molar-refractivity contribution in [2.45, 2.75) is 74.4 Å². The van der Waals surface area contributed by atoms with Gasteiger partial charge in [0.05, 0.1) is 27.2 Å². The van der Waals surface area contributed by atoms with E-state index in [-0.39, 0.29) is 23.4 Å². The average Bonchev–Trinajstić information content (AvgIpc) is 3.55. The highest BCUT2D eigenvalue weighted by Gasteiger charge is 2.34. The highest BCUT2D eigenvalue weighted by atomic mass is 35.5. The predicted molar refractivity (Wildman–Crippen MR) is 182 cm³/mol. The molecule has 0 bridgehead atoms. The van der Waals surface area contributed by atoms with Crippen LogP contribution in [0.15, 0.2) is 76.5 Å². The maximum absolute atomic E-state index is 14.3. The zero-order chi connectivity index (χ0) is 32.6. The predicted octanol–water partition coefficient (Wildman–Crippen LogP) is 7.18. The number of benzene rings is 3. The second-order valence-electron chi connectivity index (χ2n) is 10.8. The number of amides is 2. The molecular formula is C33H39Cl2N3O5S2. The number of rotatable bonds is 14. The molecule has 1 fully saturated rings. The van der Waals surface area contributed by atoms with E-state index in [1.54, 1.807) is 54.6 Å². The van der Waals surface area contributed by atoms with E-state index in [1.165, 1.54) is 28.8 Å². The SMILES string of the molecule is CCOc1ccc(N(CC(=O)N(Cc2ccc(Cl)c(Cl)c2)[C@@H](CC)C(=O)NC2CCCC2)S(=O)(=O)c2ccc(SC)cc2)cc1. The van der Waals surface area contributed by atoms with E-state index < -0.39 is 28.5 Å². The number of thioether (sulfide) groups is 1. The Bertz CT molecular complexity index is 1560. The molecule has 1 aliphatic carbocycles. The lowest BCUT2D eigenvalue weighted by Crippen LogP contribution is -2.53. The van der Waals surface area contributed by atoms with Crippen molar-refractivity contribution in [2.75, 3.05) is 23.7 Å². The highest BCUT2D eigenvalue weighted by Crippen LogP contribution is 2.29. The molecule has 0 radical (unpaired) electrons. The molecule has 0 saturated heterocycles. The molecule has 12 heteroatoms. The molecule has 45 heavy (non-hydrogen) atoms. The first-order chi connectivity index (χ1) is 21.6. The minimum Gasteiger partial charge on any atom is -0.494 e. The Morgan fingerprint density at radius 2 is 1.64 bits per heavy atom. The maximum Gasteiger partial charge on any atom is 0.264 e. The lowest BCUT2D eigenvalue weighted by atomic mass is 10.1. The van der Waals surface area contributed by atoms with Gasteiger partial charge < -0.3 is 15.0 Å². The molecule has 3 aromatic carbocycles. The molecule has 0 unspecified atom stereocenters. The molecular weight excluding hydrogens is 653 g/mol. The topological polar surface area (TPSA) is 96.0 Å². The Balaban J connectivity index is 1.73. The van der Waals surface area contributed by atoms with Gasteiger partial charge in [0.15, 0.2) is 0 Å². The van der Waals surface area contributed by atoms with E-state index in [0.29, 0.717) is 40.1 Å². The molecule has 4 rings (SSSR count). The second-order valence-corrected chi connectivity index (χ2v) is 14.4. The van der Waals surface area contributed by atoms with E-state index in [2.05, 4.69) is 5.32 Å². The summed E-state index contributed by atoms with van der Waals surface area (Å²) in [6.45, 7) is 3.65. The van der Waals surface area contributed by atoms with Crippen LogP contribution in [0.1, 0.15) is 51.5 Å². The summed E-state index contributed by atoms with van der Waals surface area (Å²) in [6.07, 6.45) is 6.10. The molecule has 8 nitrogen and oxygen atoms in total. The van der Waals surface area contributed by atoms with Gasteiger partial charge in [-0.2, -0.15) is 0 Å². The summed E-state index contributed by atoms with van der Waals surface area (Å²) < 4.78 is 34.9. The number of carbonyl (C=O) groups excluding carboxylic acids is 2. The minimum atomic E-state index is -4.19. The van der Waals surface area contributed by atoms with Crippen LogP contribution in [0.3, 0.4) is 0 Å². The van der Waals surface area contributed by atoms with Gasteiger partial charge in [-0.15, -0.1) is 11.8 Å². The lowest BCUT2D eigenvalue weighted by Gasteiger charge is -2.34. The molecule has 3 aromatic rings. The van der Waals surface area contributed by atoms with Crippen LogP contribution in [-0.4, -0.2) is 56.6 Å². The average molecular weight is 693 g/mol. The number of nitrogens with zero attached hydrogens (tertiary/aromatic N) is 2. The van der Waals surface area contributed by atoms with Crippen LogP contribution in [-0.2, 0) is 26.2 Å². The summed E-state index contributed by atoms with van der Waals surface area (Å²) in [7, 11) is -4.19. The third kappa shape index (κ3) is 8.87. The van der Waals surface area contributed by atoms with Crippen molar-refractivity contribution < 1.29 is 22.7 Å². The van der Waals surface area contributed by atoms with Crippen LogP contribution in [0.25, 0.3) is 0 Å². The molecule has 1 N–H and O–H groups in total. The summed E-state index contributed by atoms with van der Waals surface area (Å²) in [5.74, 6) is -0.223. The molecule has 1 aliphatic rings. The van der Waals surface area contributed by atoms with Gasteiger partial charge in [-0.05, 0) is 98.7 Å². The van der Waals surface area contributed by atoms with Crippen LogP contribution in [0.4, 0.5) is 5.69 Å². The Morgan fingerprint density at radius 3 is 2.22 bits per heavy atom. The monoisotopic (exact) mass is 691 g/mol. The van der Waals surface area contributed by atoms with Gasteiger partial charge in [0, 0.05) is 17.5 Å². The van der Waals surface area contributed by atoms with Crippen molar-refractivity contribution in [3.05, 3.63) is 82.3 Å². The number of hydrogen-bond donors (Lipinski definition) is 1. The van der Waals surface area contributed by atoms with Gasteiger partial charge >= 0.3 is 0 Å². The van der Waals surface area contributed by atoms with E-state index in [0.717, 1.165) is 34.9 Å². The molecule has 0 aliphatic heterocycles. The van der Waals surface area contributed by atoms with Crippen LogP contribution in [0, 0.1) is 0 Å². The summed E-state index contributed by atoms with van der Waals surface area (Å²) in [6, 6.07) is 17.3. The molecule has 0 spiro atoms. The second kappa shape index (κ2) is 16.1.